The van der Waals surface area contributed by atoms with Crippen LogP contribution in [0.3, 0.4) is 0 Å². The Morgan fingerprint density at radius 1 is 1.03 bits per heavy atom. The molecule has 1 saturated heterocycles. The summed E-state index contributed by atoms with van der Waals surface area (Å²) in [7, 11) is 0. The lowest BCUT2D eigenvalue weighted by Gasteiger charge is -2.31. The molecule has 0 unspecified atom stereocenters. The summed E-state index contributed by atoms with van der Waals surface area (Å²) in [6, 6.07) is 11.1. The molecule has 5 nitrogen and oxygen atoms in total. The summed E-state index contributed by atoms with van der Waals surface area (Å²) >= 11 is 0. The molecule has 0 radical (unpaired) electrons. The fraction of sp³-hybridized carbons (Fsp3) is 0.304. The van der Waals surface area contributed by atoms with Gasteiger partial charge in [-0.15, -0.1) is 0 Å². The van der Waals surface area contributed by atoms with Gasteiger partial charge in [0.15, 0.2) is 0 Å². The van der Waals surface area contributed by atoms with Gasteiger partial charge in [-0.3, -0.25) is 4.98 Å². The Labute approximate surface area is 176 Å². The standard InChI is InChI=1S/C23H21F3N4O/c1-13-12-16-14(2)28-20-17(21(16)31-13)19(15-6-4-3-5-7-15)29-22(18(20)23(24,25)26)30-10-8-27-9-11-30/h3-7,12,27H,8-11H2,1-2H3. The second-order valence-corrected chi connectivity index (χ2v) is 7.78. The van der Waals surface area contributed by atoms with Crippen LogP contribution in [-0.4, -0.2) is 36.1 Å². The number of anilines is 1. The Hall–Kier alpha value is -3.13. The maximum Gasteiger partial charge on any atom is 0.422 e. The van der Waals surface area contributed by atoms with Gasteiger partial charge in [-0.1, -0.05) is 30.3 Å². The van der Waals surface area contributed by atoms with E-state index in [0.29, 0.717) is 59.7 Å². The summed E-state index contributed by atoms with van der Waals surface area (Å²) < 4.78 is 49.3. The number of hydrogen-bond donors (Lipinski definition) is 1. The average Bonchev–Trinajstić information content (AvgIpc) is 3.15. The molecule has 0 saturated carbocycles. The fourth-order valence-electron chi connectivity index (χ4n) is 4.26. The highest BCUT2D eigenvalue weighted by Gasteiger charge is 2.41. The van der Waals surface area contributed by atoms with E-state index in [0.717, 1.165) is 5.56 Å². The van der Waals surface area contributed by atoms with Gasteiger partial charge in [0.05, 0.1) is 16.6 Å². The SMILES string of the molecule is Cc1cc2c(C)nc3c(C(F)(F)F)c(N4CCNCC4)nc(-c4ccccc4)c3c2o1. The van der Waals surface area contributed by atoms with Gasteiger partial charge in [0, 0.05) is 42.8 Å². The minimum atomic E-state index is -4.62. The first kappa shape index (κ1) is 19.8. The van der Waals surface area contributed by atoms with Gasteiger partial charge < -0.3 is 14.6 Å². The first-order chi connectivity index (χ1) is 14.8. The molecule has 0 amide bonds. The Kier molecular flexibility index (Phi) is 4.62. The molecule has 0 aliphatic carbocycles. The first-order valence-electron chi connectivity index (χ1n) is 10.2. The molecule has 3 aromatic heterocycles. The lowest BCUT2D eigenvalue weighted by Crippen LogP contribution is -2.44. The van der Waals surface area contributed by atoms with Crippen LogP contribution in [0, 0.1) is 13.8 Å². The summed E-state index contributed by atoms with van der Waals surface area (Å²) in [6.07, 6.45) is -4.62. The monoisotopic (exact) mass is 426 g/mol. The second kappa shape index (κ2) is 7.23. The van der Waals surface area contributed by atoms with Crippen LogP contribution in [-0.2, 0) is 6.18 Å². The van der Waals surface area contributed by atoms with Crippen molar-refractivity contribution in [3.05, 3.63) is 53.4 Å². The number of nitrogens with one attached hydrogen (secondary N) is 1. The van der Waals surface area contributed by atoms with E-state index in [1.165, 1.54) is 0 Å². The molecule has 1 N–H and O–H groups in total. The van der Waals surface area contributed by atoms with Crippen molar-refractivity contribution in [3.63, 3.8) is 0 Å². The van der Waals surface area contributed by atoms with Crippen LogP contribution in [0.25, 0.3) is 33.1 Å². The zero-order valence-electron chi connectivity index (χ0n) is 17.2. The van der Waals surface area contributed by atoms with Crippen LogP contribution < -0.4 is 10.2 Å². The number of halogens is 3. The van der Waals surface area contributed by atoms with Gasteiger partial charge in [-0.2, -0.15) is 13.2 Å². The molecule has 4 aromatic rings. The average molecular weight is 426 g/mol. The van der Waals surface area contributed by atoms with Gasteiger partial charge in [0.1, 0.15) is 22.7 Å². The molecule has 0 bridgehead atoms. The van der Waals surface area contributed by atoms with Crippen molar-refractivity contribution >= 4 is 27.7 Å². The molecule has 5 rings (SSSR count). The van der Waals surface area contributed by atoms with Crippen molar-refractivity contribution in [2.24, 2.45) is 0 Å². The molecule has 1 aromatic carbocycles. The van der Waals surface area contributed by atoms with Crippen LogP contribution in [0.5, 0.6) is 0 Å². The van der Waals surface area contributed by atoms with E-state index in [4.69, 9.17) is 4.42 Å². The van der Waals surface area contributed by atoms with E-state index in [1.54, 1.807) is 18.7 Å². The van der Waals surface area contributed by atoms with Crippen LogP contribution in [0.4, 0.5) is 19.0 Å². The van der Waals surface area contributed by atoms with Gasteiger partial charge in [0.2, 0.25) is 0 Å². The van der Waals surface area contributed by atoms with E-state index in [9.17, 15) is 13.2 Å². The van der Waals surface area contributed by atoms with E-state index in [2.05, 4.69) is 15.3 Å². The predicted molar refractivity (Wildman–Crippen MR) is 114 cm³/mol. The summed E-state index contributed by atoms with van der Waals surface area (Å²) in [6.45, 7) is 5.57. The number of aromatic nitrogens is 2. The van der Waals surface area contributed by atoms with Crippen molar-refractivity contribution in [2.75, 3.05) is 31.1 Å². The molecular formula is C23H21F3N4O. The summed E-state index contributed by atoms with van der Waals surface area (Å²) in [5, 5.41) is 4.18. The minimum Gasteiger partial charge on any atom is -0.461 e. The van der Waals surface area contributed by atoms with Crippen LogP contribution >= 0.6 is 0 Å². The predicted octanol–water partition coefficient (Wildman–Crippen LogP) is 5.09. The maximum absolute atomic E-state index is 14.5. The highest BCUT2D eigenvalue weighted by atomic mass is 19.4. The Balaban J connectivity index is 1.97. The number of furan rings is 1. The number of fused-ring (bicyclic) bond motifs is 3. The van der Waals surface area contributed by atoms with Gasteiger partial charge in [0.25, 0.3) is 0 Å². The number of alkyl halides is 3. The lowest BCUT2D eigenvalue weighted by atomic mass is 10.0. The van der Waals surface area contributed by atoms with Crippen LogP contribution in [0.2, 0.25) is 0 Å². The van der Waals surface area contributed by atoms with Crippen molar-refractivity contribution in [1.82, 2.24) is 15.3 Å². The first-order valence-corrected chi connectivity index (χ1v) is 10.2. The molecule has 160 valence electrons. The molecule has 1 aliphatic heterocycles. The fourth-order valence-corrected chi connectivity index (χ4v) is 4.26. The van der Waals surface area contributed by atoms with Crippen molar-refractivity contribution in [3.8, 4) is 11.3 Å². The molecule has 31 heavy (non-hydrogen) atoms. The second-order valence-electron chi connectivity index (χ2n) is 7.78. The highest BCUT2D eigenvalue weighted by molar-refractivity contribution is 6.12. The molecule has 8 heteroatoms. The normalized spacial score (nSPS) is 15.2. The number of pyridine rings is 2. The van der Waals surface area contributed by atoms with Crippen molar-refractivity contribution in [1.29, 1.82) is 0 Å². The number of benzene rings is 1. The lowest BCUT2D eigenvalue weighted by molar-refractivity contribution is -0.136. The molecule has 1 fully saturated rings. The molecule has 1 aliphatic rings. The maximum atomic E-state index is 14.5. The summed E-state index contributed by atoms with van der Waals surface area (Å²) in [5.41, 5.74) is 1.14. The quantitative estimate of drug-likeness (QED) is 0.484. The van der Waals surface area contributed by atoms with Gasteiger partial charge >= 0.3 is 6.18 Å². The van der Waals surface area contributed by atoms with Gasteiger partial charge in [-0.25, -0.2) is 4.98 Å². The topological polar surface area (TPSA) is 54.2 Å². The molecule has 4 heterocycles. The van der Waals surface area contributed by atoms with E-state index >= 15 is 0 Å². The third kappa shape index (κ3) is 3.31. The van der Waals surface area contributed by atoms with Crippen LogP contribution in [0.15, 0.2) is 40.8 Å². The Morgan fingerprint density at radius 3 is 2.42 bits per heavy atom. The molecule has 0 spiro atoms. The third-order valence-corrected chi connectivity index (χ3v) is 5.65. The van der Waals surface area contributed by atoms with Crippen molar-refractivity contribution in [2.45, 2.75) is 20.0 Å². The van der Waals surface area contributed by atoms with E-state index < -0.39 is 11.7 Å². The zero-order valence-corrected chi connectivity index (χ0v) is 17.2. The number of piperazine rings is 1. The van der Waals surface area contributed by atoms with E-state index in [1.807, 2.05) is 36.4 Å². The third-order valence-electron chi connectivity index (χ3n) is 5.65. The molecular weight excluding hydrogens is 405 g/mol. The Morgan fingerprint density at radius 2 is 1.74 bits per heavy atom. The largest absolute Gasteiger partial charge is 0.461 e. The van der Waals surface area contributed by atoms with Crippen LogP contribution in [0.1, 0.15) is 17.0 Å². The molecule has 0 atom stereocenters. The number of nitrogens with zero attached hydrogens (tertiary/aromatic N) is 3. The number of aryl methyl sites for hydroxylation is 2. The number of hydrogen-bond acceptors (Lipinski definition) is 5. The smallest absolute Gasteiger partial charge is 0.422 e. The summed E-state index contributed by atoms with van der Waals surface area (Å²) in [4.78, 5) is 10.8. The Bertz CT molecular complexity index is 1280. The summed E-state index contributed by atoms with van der Waals surface area (Å²) in [5.74, 6) is 0.543. The zero-order chi connectivity index (χ0) is 21.8. The minimum absolute atomic E-state index is 0.0742. The van der Waals surface area contributed by atoms with Gasteiger partial charge in [-0.05, 0) is 19.9 Å². The number of rotatable bonds is 2. The van der Waals surface area contributed by atoms with Crippen molar-refractivity contribution < 1.29 is 17.6 Å². The highest BCUT2D eigenvalue weighted by Crippen LogP contribution is 2.45. The van der Waals surface area contributed by atoms with E-state index in [-0.39, 0.29) is 11.3 Å².